The number of aryl methyl sites for hydroxylation is 1. The molecule has 1 saturated heterocycles. The van der Waals surface area contributed by atoms with Gasteiger partial charge in [-0.15, -0.1) is 0 Å². The van der Waals surface area contributed by atoms with E-state index in [2.05, 4.69) is 20.1 Å². The van der Waals surface area contributed by atoms with Gasteiger partial charge in [-0.2, -0.15) is 4.98 Å². The van der Waals surface area contributed by atoms with Gasteiger partial charge in [0.15, 0.2) is 6.33 Å². The summed E-state index contributed by atoms with van der Waals surface area (Å²) in [5.74, 6) is 0.144. The van der Waals surface area contributed by atoms with Crippen molar-refractivity contribution in [3.05, 3.63) is 54.1 Å². The van der Waals surface area contributed by atoms with E-state index in [1.165, 1.54) is 11.2 Å². The molecule has 9 nitrogen and oxygen atoms in total. The van der Waals surface area contributed by atoms with Gasteiger partial charge >= 0.3 is 6.01 Å². The summed E-state index contributed by atoms with van der Waals surface area (Å²) in [5, 5.41) is 3.62. The van der Waals surface area contributed by atoms with Gasteiger partial charge in [-0.25, -0.2) is 14.9 Å². The molecule has 1 aliphatic rings. The molecule has 1 aliphatic heterocycles. The first-order chi connectivity index (χ1) is 13.2. The van der Waals surface area contributed by atoms with Crippen LogP contribution in [0.3, 0.4) is 0 Å². The summed E-state index contributed by atoms with van der Waals surface area (Å²) in [6, 6.07) is 9.20. The molecule has 3 heterocycles. The second kappa shape index (κ2) is 7.50. The summed E-state index contributed by atoms with van der Waals surface area (Å²) in [5.41, 5.74) is 1.56. The number of aromatic nitrogens is 4. The molecule has 3 aromatic rings. The second-order valence-electron chi connectivity index (χ2n) is 6.00. The number of hydrogen-bond donors (Lipinski definition) is 0. The van der Waals surface area contributed by atoms with Crippen molar-refractivity contribution in [3.63, 3.8) is 0 Å². The van der Waals surface area contributed by atoms with Gasteiger partial charge in [0.1, 0.15) is 5.69 Å². The average molecular weight is 366 g/mol. The van der Waals surface area contributed by atoms with Crippen molar-refractivity contribution in [1.82, 2.24) is 20.1 Å². The minimum absolute atomic E-state index is 0.0807. The number of anilines is 3. The Morgan fingerprint density at radius 2 is 1.93 bits per heavy atom. The number of morpholine rings is 1. The molecule has 0 saturated carbocycles. The Hall–Kier alpha value is -3.33. The number of carbonyl (C=O) groups is 1. The third-order valence-corrected chi connectivity index (χ3v) is 4.21. The number of ether oxygens (including phenoxy) is 1. The van der Waals surface area contributed by atoms with Crippen molar-refractivity contribution in [2.24, 2.45) is 0 Å². The topological polar surface area (TPSA) is 97.5 Å². The van der Waals surface area contributed by atoms with Gasteiger partial charge in [0.2, 0.25) is 5.95 Å². The van der Waals surface area contributed by atoms with Gasteiger partial charge < -0.3 is 14.2 Å². The maximum absolute atomic E-state index is 13.4. The van der Waals surface area contributed by atoms with Crippen molar-refractivity contribution in [3.8, 4) is 0 Å². The fourth-order valence-corrected chi connectivity index (χ4v) is 2.83. The summed E-state index contributed by atoms with van der Waals surface area (Å²) in [6.45, 7) is 4.39. The van der Waals surface area contributed by atoms with Crippen LogP contribution in [0.2, 0.25) is 0 Å². The molecule has 27 heavy (non-hydrogen) atoms. The van der Waals surface area contributed by atoms with Crippen LogP contribution in [-0.4, -0.2) is 52.3 Å². The molecule has 4 rings (SSSR count). The van der Waals surface area contributed by atoms with E-state index in [1.807, 2.05) is 23.1 Å². The molecule has 0 aliphatic carbocycles. The zero-order valence-corrected chi connectivity index (χ0v) is 14.8. The Morgan fingerprint density at radius 1 is 1.15 bits per heavy atom. The molecule has 2 aromatic heterocycles. The van der Waals surface area contributed by atoms with E-state index in [0.29, 0.717) is 43.5 Å². The Kier molecular flexibility index (Phi) is 4.75. The maximum atomic E-state index is 13.4. The summed E-state index contributed by atoms with van der Waals surface area (Å²) < 4.78 is 10.5. The molecule has 0 spiro atoms. The van der Waals surface area contributed by atoms with E-state index in [1.54, 1.807) is 25.3 Å². The summed E-state index contributed by atoms with van der Waals surface area (Å²) >= 11 is 0. The van der Waals surface area contributed by atoms with Crippen LogP contribution in [0.5, 0.6) is 0 Å². The standard InChI is InChI=1S/C18H18N6O3/c1-13-11-19-17(23-7-9-26-10-8-23)22-15(13)16(25)24(18-20-12-21-27-18)14-5-3-2-4-6-14/h2-6,11-12H,7-10H2,1H3. The summed E-state index contributed by atoms with van der Waals surface area (Å²) in [7, 11) is 0. The van der Waals surface area contributed by atoms with Crippen LogP contribution in [0.1, 0.15) is 16.1 Å². The number of hydrogen-bond acceptors (Lipinski definition) is 8. The van der Waals surface area contributed by atoms with Crippen LogP contribution in [0.4, 0.5) is 17.7 Å². The highest BCUT2D eigenvalue weighted by Crippen LogP contribution is 2.26. The van der Waals surface area contributed by atoms with Crippen molar-refractivity contribution in [1.29, 1.82) is 0 Å². The van der Waals surface area contributed by atoms with E-state index in [-0.39, 0.29) is 17.6 Å². The molecule has 9 heteroatoms. The zero-order valence-electron chi connectivity index (χ0n) is 14.8. The fraction of sp³-hybridized carbons (Fsp3) is 0.278. The average Bonchev–Trinajstić information content (AvgIpc) is 3.24. The van der Waals surface area contributed by atoms with Gasteiger partial charge in [0.05, 0.1) is 18.9 Å². The Morgan fingerprint density at radius 3 is 2.63 bits per heavy atom. The maximum Gasteiger partial charge on any atom is 0.335 e. The molecule has 0 unspecified atom stereocenters. The largest absolute Gasteiger partial charge is 0.378 e. The molecule has 0 radical (unpaired) electrons. The van der Waals surface area contributed by atoms with E-state index in [4.69, 9.17) is 9.26 Å². The van der Waals surface area contributed by atoms with Gasteiger partial charge in [-0.05, 0) is 24.6 Å². The zero-order chi connectivity index (χ0) is 18.6. The van der Waals surface area contributed by atoms with Crippen LogP contribution in [0.25, 0.3) is 0 Å². The summed E-state index contributed by atoms with van der Waals surface area (Å²) in [4.78, 5) is 29.7. The van der Waals surface area contributed by atoms with E-state index in [9.17, 15) is 4.79 Å². The molecule has 138 valence electrons. The van der Waals surface area contributed by atoms with Gasteiger partial charge in [-0.1, -0.05) is 23.4 Å². The highest BCUT2D eigenvalue weighted by molar-refractivity contribution is 6.09. The SMILES string of the molecule is Cc1cnc(N2CCOCC2)nc1C(=O)N(c1ccccc1)c1ncno1. The molecule has 0 atom stereocenters. The first-order valence-corrected chi connectivity index (χ1v) is 8.56. The third kappa shape index (κ3) is 3.49. The Bertz CT molecular complexity index is 910. The second-order valence-corrected chi connectivity index (χ2v) is 6.00. The van der Waals surface area contributed by atoms with E-state index >= 15 is 0 Å². The van der Waals surface area contributed by atoms with Gasteiger partial charge in [0.25, 0.3) is 5.91 Å². The molecule has 1 amide bonds. The predicted molar refractivity (Wildman–Crippen MR) is 97.0 cm³/mol. The van der Waals surface area contributed by atoms with Crippen molar-refractivity contribution < 1.29 is 14.1 Å². The minimum atomic E-state index is -0.361. The lowest BCUT2D eigenvalue weighted by molar-refractivity contribution is 0.0988. The lowest BCUT2D eigenvalue weighted by Gasteiger charge is -2.27. The fourth-order valence-electron chi connectivity index (χ4n) is 2.83. The molecular formula is C18H18N6O3. The number of nitrogens with zero attached hydrogens (tertiary/aromatic N) is 6. The van der Waals surface area contributed by atoms with Crippen LogP contribution < -0.4 is 9.80 Å². The van der Waals surface area contributed by atoms with Crippen molar-refractivity contribution in [2.45, 2.75) is 6.92 Å². The van der Waals surface area contributed by atoms with Crippen molar-refractivity contribution >= 4 is 23.6 Å². The Balaban J connectivity index is 1.73. The quantitative estimate of drug-likeness (QED) is 0.691. The van der Waals surface area contributed by atoms with Crippen LogP contribution in [-0.2, 0) is 4.74 Å². The first-order valence-electron chi connectivity index (χ1n) is 8.56. The van der Waals surface area contributed by atoms with Gasteiger partial charge in [-0.3, -0.25) is 4.79 Å². The van der Waals surface area contributed by atoms with Crippen molar-refractivity contribution in [2.75, 3.05) is 36.1 Å². The van der Waals surface area contributed by atoms with Crippen LogP contribution in [0.15, 0.2) is 47.4 Å². The van der Waals surface area contributed by atoms with Gasteiger partial charge in [0, 0.05) is 19.3 Å². The van der Waals surface area contributed by atoms with E-state index in [0.717, 1.165) is 0 Å². The number of benzene rings is 1. The first kappa shape index (κ1) is 17.1. The van der Waals surface area contributed by atoms with Crippen LogP contribution in [0, 0.1) is 6.92 Å². The number of amides is 1. The molecule has 1 fully saturated rings. The highest BCUT2D eigenvalue weighted by atomic mass is 16.5. The lowest BCUT2D eigenvalue weighted by Crippen LogP contribution is -2.38. The highest BCUT2D eigenvalue weighted by Gasteiger charge is 2.27. The van der Waals surface area contributed by atoms with E-state index < -0.39 is 0 Å². The molecule has 1 aromatic carbocycles. The molecule has 0 bridgehead atoms. The number of rotatable bonds is 4. The lowest BCUT2D eigenvalue weighted by atomic mass is 10.2. The molecular weight excluding hydrogens is 348 g/mol. The predicted octanol–water partition coefficient (Wildman–Crippen LogP) is 1.98. The Labute approximate surface area is 155 Å². The third-order valence-electron chi connectivity index (χ3n) is 4.21. The number of carbonyl (C=O) groups excluding carboxylic acids is 1. The normalized spacial score (nSPS) is 14.2. The minimum Gasteiger partial charge on any atom is -0.378 e. The monoisotopic (exact) mass is 366 g/mol. The number of para-hydroxylation sites is 1. The van der Waals surface area contributed by atoms with Crippen LogP contribution >= 0.6 is 0 Å². The summed E-state index contributed by atoms with van der Waals surface area (Å²) in [6.07, 6.45) is 2.91. The molecule has 0 N–H and O–H groups in total. The smallest absolute Gasteiger partial charge is 0.335 e.